The molecule has 0 radical (unpaired) electrons. The van der Waals surface area contributed by atoms with Crippen molar-refractivity contribution < 1.29 is 19.3 Å². The van der Waals surface area contributed by atoms with Crippen LogP contribution in [-0.4, -0.2) is 56.9 Å². The van der Waals surface area contributed by atoms with Crippen LogP contribution < -0.4 is 5.73 Å². The number of hydrogen-bond donors (Lipinski definition) is 2. The number of methoxy groups -OCH3 is 1. The van der Waals surface area contributed by atoms with E-state index in [9.17, 15) is 5.11 Å². The smallest absolute Gasteiger partial charge is 0.101 e. The van der Waals surface area contributed by atoms with E-state index in [1.807, 2.05) is 13.8 Å². The molecule has 0 rings (SSSR count). The van der Waals surface area contributed by atoms with Crippen molar-refractivity contribution in [3.05, 3.63) is 0 Å². The molecule has 0 fully saturated rings. The third-order valence-corrected chi connectivity index (χ3v) is 2.29. The van der Waals surface area contributed by atoms with Crippen molar-refractivity contribution in [2.75, 3.05) is 40.1 Å². The molecule has 98 valence electrons. The molecule has 2 atom stereocenters. The van der Waals surface area contributed by atoms with Crippen LogP contribution >= 0.6 is 0 Å². The molecule has 5 heteroatoms. The largest absolute Gasteiger partial charge is 0.388 e. The quantitative estimate of drug-likeness (QED) is 0.527. The van der Waals surface area contributed by atoms with E-state index in [-0.39, 0.29) is 18.8 Å². The molecule has 0 aliphatic rings. The molecule has 0 heterocycles. The van der Waals surface area contributed by atoms with E-state index in [0.717, 1.165) is 6.42 Å². The average Bonchev–Trinajstić information content (AvgIpc) is 2.24. The molecule has 0 amide bonds. The Morgan fingerprint density at radius 2 is 1.88 bits per heavy atom. The van der Waals surface area contributed by atoms with Gasteiger partial charge in [0.1, 0.15) is 6.10 Å². The molecule has 0 aliphatic heterocycles. The number of rotatable bonds is 10. The topological polar surface area (TPSA) is 73.9 Å². The summed E-state index contributed by atoms with van der Waals surface area (Å²) in [5.41, 5.74) is 5.56. The first-order chi connectivity index (χ1) is 7.52. The Labute approximate surface area is 97.9 Å². The first-order valence-electron chi connectivity index (χ1n) is 5.63. The molecular weight excluding hydrogens is 210 g/mol. The van der Waals surface area contributed by atoms with E-state index in [1.165, 1.54) is 0 Å². The Kier molecular flexibility index (Phi) is 8.78. The minimum Gasteiger partial charge on any atom is -0.388 e. The highest BCUT2D eigenvalue weighted by molar-refractivity contribution is 4.75. The van der Waals surface area contributed by atoms with Gasteiger partial charge in [0.05, 0.1) is 33.0 Å². The van der Waals surface area contributed by atoms with Crippen LogP contribution in [0.3, 0.4) is 0 Å². The van der Waals surface area contributed by atoms with Gasteiger partial charge in [-0.1, -0.05) is 6.92 Å². The van der Waals surface area contributed by atoms with Crippen molar-refractivity contribution in [1.82, 2.24) is 0 Å². The summed E-state index contributed by atoms with van der Waals surface area (Å²) in [4.78, 5) is 0. The number of hydrogen-bond acceptors (Lipinski definition) is 5. The third kappa shape index (κ3) is 9.06. The molecule has 0 aromatic heterocycles. The van der Waals surface area contributed by atoms with Crippen LogP contribution in [0.4, 0.5) is 0 Å². The fourth-order valence-electron chi connectivity index (χ4n) is 0.940. The van der Waals surface area contributed by atoms with Crippen molar-refractivity contribution in [2.45, 2.75) is 31.9 Å². The molecule has 16 heavy (non-hydrogen) atoms. The highest BCUT2D eigenvalue weighted by Gasteiger charge is 2.16. The summed E-state index contributed by atoms with van der Waals surface area (Å²) in [7, 11) is 1.61. The van der Waals surface area contributed by atoms with E-state index < -0.39 is 6.10 Å². The van der Waals surface area contributed by atoms with Crippen molar-refractivity contribution in [1.29, 1.82) is 0 Å². The van der Waals surface area contributed by atoms with Crippen molar-refractivity contribution in [3.63, 3.8) is 0 Å². The lowest BCUT2D eigenvalue weighted by molar-refractivity contribution is -0.0357. The lowest BCUT2D eigenvalue weighted by Gasteiger charge is -2.23. The molecule has 0 aromatic rings. The molecule has 0 saturated heterocycles. The summed E-state index contributed by atoms with van der Waals surface area (Å²) in [6.45, 7) is 5.90. The lowest BCUT2D eigenvalue weighted by atomic mass is 10.0. The van der Waals surface area contributed by atoms with Crippen LogP contribution in [0.1, 0.15) is 20.3 Å². The highest BCUT2D eigenvalue weighted by atomic mass is 16.5. The van der Waals surface area contributed by atoms with E-state index in [2.05, 4.69) is 0 Å². The zero-order valence-electron chi connectivity index (χ0n) is 10.6. The second-order valence-corrected chi connectivity index (χ2v) is 4.24. The minimum atomic E-state index is -0.607. The van der Waals surface area contributed by atoms with Gasteiger partial charge in [-0.2, -0.15) is 0 Å². The SMILES string of the molecule is CCC(C)(N)COCC(O)COCCOC. The van der Waals surface area contributed by atoms with Gasteiger partial charge in [0.15, 0.2) is 0 Å². The van der Waals surface area contributed by atoms with Crippen molar-refractivity contribution in [2.24, 2.45) is 5.73 Å². The van der Waals surface area contributed by atoms with Gasteiger partial charge in [0, 0.05) is 12.6 Å². The zero-order chi connectivity index (χ0) is 12.4. The van der Waals surface area contributed by atoms with Gasteiger partial charge in [0.2, 0.25) is 0 Å². The Bertz CT molecular complexity index is 164. The number of aliphatic hydroxyl groups excluding tert-OH is 1. The number of ether oxygens (including phenoxy) is 3. The van der Waals surface area contributed by atoms with Gasteiger partial charge < -0.3 is 25.1 Å². The second kappa shape index (κ2) is 8.90. The van der Waals surface area contributed by atoms with E-state index in [0.29, 0.717) is 19.8 Å². The summed E-state index contributed by atoms with van der Waals surface area (Å²) < 4.78 is 15.3. The normalized spacial score (nSPS) is 17.1. The maximum absolute atomic E-state index is 9.49. The third-order valence-electron chi connectivity index (χ3n) is 2.29. The number of nitrogens with two attached hydrogens (primary N) is 1. The van der Waals surface area contributed by atoms with E-state index >= 15 is 0 Å². The Morgan fingerprint density at radius 3 is 2.44 bits per heavy atom. The van der Waals surface area contributed by atoms with Gasteiger partial charge in [-0.05, 0) is 13.3 Å². The molecular formula is C11H25NO4. The van der Waals surface area contributed by atoms with Gasteiger partial charge >= 0.3 is 0 Å². The molecule has 0 spiro atoms. The highest BCUT2D eigenvalue weighted by Crippen LogP contribution is 2.05. The van der Waals surface area contributed by atoms with E-state index in [1.54, 1.807) is 7.11 Å². The van der Waals surface area contributed by atoms with Crippen molar-refractivity contribution >= 4 is 0 Å². The molecule has 0 bridgehead atoms. The molecule has 5 nitrogen and oxygen atoms in total. The van der Waals surface area contributed by atoms with Crippen LogP contribution in [0.25, 0.3) is 0 Å². The van der Waals surface area contributed by atoms with E-state index in [4.69, 9.17) is 19.9 Å². The predicted molar refractivity (Wildman–Crippen MR) is 62.4 cm³/mol. The average molecular weight is 235 g/mol. The van der Waals surface area contributed by atoms with Crippen LogP contribution in [0, 0.1) is 0 Å². The van der Waals surface area contributed by atoms with Crippen LogP contribution in [0.2, 0.25) is 0 Å². The zero-order valence-corrected chi connectivity index (χ0v) is 10.6. The van der Waals surface area contributed by atoms with Crippen LogP contribution in [-0.2, 0) is 14.2 Å². The molecule has 0 saturated carbocycles. The number of aliphatic hydroxyl groups is 1. The summed E-state index contributed by atoms with van der Waals surface area (Å²) in [6.07, 6.45) is 0.234. The summed E-state index contributed by atoms with van der Waals surface area (Å²) in [5.74, 6) is 0. The minimum absolute atomic E-state index is 0.250. The Morgan fingerprint density at radius 1 is 1.25 bits per heavy atom. The summed E-state index contributed by atoms with van der Waals surface area (Å²) >= 11 is 0. The van der Waals surface area contributed by atoms with Gasteiger partial charge in [-0.25, -0.2) is 0 Å². The maximum Gasteiger partial charge on any atom is 0.101 e. The van der Waals surface area contributed by atoms with Gasteiger partial charge in [-0.3, -0.25) is 0 Å². The predicted octanol–water partition coefficient (Wildman–Crippen LogP) is 0.154. The fraction of sp³-hybridized carbons (Fsp3) is 1.00. The fourth-order valence-corrected chi connectivity index (χ4v) is 0.940. The summed E-state index contributed by atoms with van der Waals surface area (Å²) in [5, 5.41) is 9.49. The van der Waals surface area contributed by atoms with Crippen molar-refractivity contribution in [3.8, 4) is 0 Å². The molecule has 3 N–H and O–H groups in total. The standard InChI is InChI=1S/C11H25NO4/c1-4-11(2,12)9-16-8-10(13)7-15-6-5-14-3/h10,13H,4-9,12H2,1-3H3. The second-order valence-electron chi connectivity index (χ2n) is 4.24. The van der Waals surface area contributed by atoms with Crippen LogP contribution in [0.5, 0.6) is 0 Å². The molecule has 0 aromatic carbocycles. The first kappa shape index (κ1) is 15.8. The first-order valence-corrected chi connectivity index (χ1v) is 5.63. The lowest BCUT2D eigenvalue weighted by Crippen LogP contribution is -2.41. The molecule has 2 unspecified atom stereocenters. The van der Waals surface area contributed by atoms with Crippen LogP contribution in [0.15, 0.2) is 0 Å². The maximum atomic E-state index is 9.49. The molecule has 0 aliphatic carbocycles. The Balaban J connectivity index is 3.40. The summed E-state index contributed by atoms with van der Waals surface area (Å²) in [6, 6.07) is 0. The Hall–Kier alpha value is -0.200. The van der Waals surface area contributed by atoms with Gasteiger partial charge in [0.25, 0.3) is 0 Å². The van der Waals surface area contributed by atoms with Gasteiger partial charge in [-0.15, -0.1) is 0 Å². The monoisotopic (exact) mass is 235 g/mol.